The SMILES string of the molecule is Clc1nccc2ccccc12.OB(O)c1cc2ccccc2s1.c1ccc2sc(-c3nccc4ccccc34)cc2c1. The molecular formula is C34H24BClN2O2S2. The summed E-state index contributed by atoms with van der Waals surface area (Å²) in [6, 6.07) is 40.6. The third-order valence-electron chi connectivity index (χ3n) is 6.66. The molecule has 0 radical (unpaired) electrons. The number of pyridine rings is 2. The van der Waals surface area contributed by atoms with Crippen molar-refractivity contribution in [2.24, 2.45) is 0 Å². The second-order valence-electron chi connectivity index (χ2n) is 9.41. The highest BCUT2D eigenvalue weighted by Gasteiger charge is 2.13. The predicted octanol–water partition coefficient (Wildman–Crippen LogP) is 8.59. The molecule has 8 aromatic rings. The van der Waals surface area contributed by atoms with E-state index >= 15 is 0 Å². The minimum Gasteiger partial charge on any atom is -0.423 e. The third kappa shape index (κ3) is 6.21. The van der Waals surface area contributed by atoms with Gasteiger partial charge in [0.05, 0.1) is 10.6 Å². The molecule has 4 nitrogen and oxygen atoms in total. The molecule has 8 rings (SSSR count). The molecule has 4 heterocycles. The average molecular weight is 603 g/mol. The Kier molecular flexibility index (Phi) is 8.56. The van der Waals surface area contributed by atoms with Gasteiger partial charge in [-0.3, -0.25) is 4.98 Å². The van der Waals surface area contributed by atoms with Gasteiger partial charge in [0.1, 0.15) is 5.15 Å². The maximum atomic E-state index is 8.89. The van der Waals surface area contributed by atoms with Gasteiger partial charge < -0.3 is 10.0 Å². The Bertz CT molecular complexity index is 2050. The van der Waals surface area contributed by atoms with Crippen LogP contribution in [0.15, 0.2) is 134 Å². The Hall–Kier alpha value is -4.11. The summed E-state index contributed by atoms with van der Waals surface area (Å²) >= 11 is 9.05. The Morgan fingerprint density at radius 1 is 0.548 bits per heavy atom. The first kappa shape index (κ1) is 28.0. The van der Waals surface area contributed by atoms with Crippen molar-refractivity contribution < 1.29 is 10.0 Å². The van der Waals surface area contributed by atoms with Crippen molar-refractivity contribution in [2.75, 3.05) is 0 Å². The fraction of sp³-hybridized carbons (Fsp3) is 0. The average Bonchev–Trinajstić information content (AvgIpc) is 3.67. The van der Waals surface area contributed by atoms with E-state index in [9.17, 15) is 0 Å². The first-order valence-corrected chi connectivity index (χ1v) is 15.2. The smallest absolute Gasteiger partial charge is 0.423 e. The highest BCUT2D eigenvalue weighted by Crippen LogP contribution is 2.35. The van der Waals surface area contributed by atoms with Crippen LogP contribution in [-0.2, 0) is 0 Å². The molecule has 0 fully saturated rings. The molecule has 2 N–H and O–H groups in total. The number of fused-ring (bicyclic) bond motifs is 4. The summed E-state index contributed by atoms with van der Waals surface area (Å²) in [5.74, 6) is 0. The lowest BCUT2D eigenvalue weighted by Crippen LogP contribution is -2.26. The van der Waals surface area contributed by atoms with E-state index < -0.39 is 7.12 Å². The monoisotopic (exact) mass is 602 g/mol. The normalized spacial score (nSPS) is 10.7. The molecule has 0 bridgehead atoms. The lowest BCUT2D eigenvalue weighted by molar-refractivity contribution is 0.427. The van der Waals surface area contributed by atoms with Crippen LogP contribution in [0.5, 0.6) is 0 Å². The van der Waals surface area contributed by atoms with E-state index in [1.54, 1.807) is 23.6 Å². The van der Waals surface area contributed by atoms with Crippen molar-refractivity contribution in [3.05, 3.63) is 139 Å². The Morgan fingerprint density at radius 3 is 1.69 bits per heavy atom. The van der Waals surface area contributed by atoms with E-state index in [0.717, 1.165) is 26.6 Å². The number of benzene rings is 4. The molecule has 4 aromatic heterocycles. The molecule has 0 atom stereocenters. The summed E-state index contributed by atoms with van der Waals surface area (Å²) in [4.78, 5) is 9.79. The fourth-order valence-electron chi connectivity index (χ4n) is 4.63. The van der Waals surface area contributed by atoms with Crippen LogP contribution < -0.4 is 4.78 Å². The molecule has 42 heavy (non-hydrogen) atoms. The summed E-state index contributed by atoms with van der Waals surface area (Å²) in [6.07, 6.45) is 3.60. The molecule has 0 unspecified atom stereocenters. The van der Waals surface area contributed by atoms with E-state index in [1.165, 1.54) is 37.1 Å². The predicted molar refractivity (Wildman–Crippen MR) is 181 cm³/mol. The molecule has 0 saturated carbocycles. The van der Waals surface area contributed by atoms with Gasteiger partial charge in [-0.15, -0.1) is 22.7 Å². The summed E-state index contributed by atoms with van der Waals surface area (Å²) in [7, 11) is -1.35. The third-order valence-corrected chi connectivity index (χ3v) is 9.24. The maximum absolute atomic E-state index is 8.89. The number of aromatic nitrogens is 2. The molecule has 0 aliphatic rings. The Balaban J connectivity index is 0.000000119. The van der Waals surface area contributed by atoms with Gasteiger partial charge in [0.15, 0.2) is 0 Å². The number of rotatable bonds is 2. The lowest BCUT2D eigenvalue weighted by Gasteiger charge is -2.02. The van der Waals surface area contributed by atoms with Crippen molar-refractivity contribution in [3.63, 3.8) is 0 Å². The second kappa shape index (κ2) is 12.8. The van der Waals surface area contributed by atoms with Gasteiger partial charge in [-0.2, -0.15) is 0 Å². The molecule has 204 valence electrons. The van der Waals surface area contributed by atoms with Crippen LogP contribution in [0.25, 0.3) is 52.3 Å². The molecule has 0 spiro atoms. The van der Waals surface area contributed by atoms with Crippen LogP contribution in [0.4, 0.5) is 0 Å². The van der Waals surface area contributed by atoms with E-state index in [4.69, 9.17) is 21.6 Å². The summed E-state index contributed by atoms with van der Waals surface area (Å²) in [5, 5.41) is 25.3. The highest BCUT2D eigenvalue weighted by atomic mass is 35.5. The zero-order valence-electron chi connectivity index (χ0n) is 22.3. The summed E-state index contributed by atoms with van der Waals surface area (Å²) < 4.78 is 2.99. The largest absolute Gasteiger partial charge is 0.499 e. The van der Waals surface area contributed by atoms with Crippen molar-refractivity contribution in [1.82, 2.24) is 9.97 Å². The lowest BCUT2D eigenvalue weighted by atomic mass is 9.89. The fourth-order valence-corrected chi connectivity index (χ4v) is 6.87. The van der Waals surface area contributed by atoms with Gasteiger partial charge in [-0.25, -0.2) is 4.98 Å². The molecule has 0 amide bonds. The molecule has 8 heteroatoms. The molecular weight excluding hydrogens is 579 g/mol. The van der Waals surface area contributed by atoms with Crippen LogP contribution in [0.3, 0.4) is 0 Å². The van der Waals surface area contributed by atoms with Gasteiger partial charge in [0, 0.05) is 37.3 Å². The van der Waals surface area contributed by atoms with Gasteiger partial charge in [0.2, 0.25) is 0 Å². The minimum absolute atomic E-state index is 0.572. The number of halogens is 1. The highest BCUT2D eigenvalue weighted by molar-refractivity contribution is 7.27. The van der Waals surface area contributed by atoms with Crippen LogP contribution >= 0.6 is 34.3 Å². The minimum atomic E-state index is -1.35. The second-order valence-corrected chi connectivity index (χ2v) is 12.0. The van der Waals surface area contributed by atoms with Crippen molar-refractivity contribution in [2.45, 2.75) is 0 Å². The van der Waals surface area contributed by atoms with Crippen molar-refractivity contribution >= 4 is 87.9 Å². The van der Waals surface area contributed by atoms with E-state index in [2.05, 4.69) is 70.6 Å². The van der Waals surface area contributed by atoms with Gasteiger partial charge in [0.25, 0.3) is 0 Å². The van der Waals surface area contributed by atoms with Crippen molar-refractivity contribution in [3.8, 4) is 10.6 Å². The van der Waals surface area contributed by atoms with Gasteiger partial charge in [-0.1, -0.05) is 96.5 Å². The Morgan fingerprint density at radius 2 is 1.07 bits per heavy atom. The van der Waals surface area contributed by atoms with E-state index in [1.807, 2.05) is 60.8 Å². The van der Waals surface area contributed by atoms with Crippen LogP contribution in [0.2, 0.25) is 5.15 Å². The van der Waals surface area contributed by atoms with Crippen LogP contribution in [0.1, 0.15) is 0 Å². The Labute approximate surface area is 256 Å². The molecule has 0 saturated heterocycles. The molecule has 0 aliphatic carbocycles. The summed E-state index contributed by atoms with van der Waals surface area (Å²) in [6.45, 7) is 0. The first-order chi connectivity index (χ1) is 20.6. The zero-order valence-corrected chi connectivity index (χ0v) is 24.7. The zero-order chi connectivity index (χ0) is 28.9. The first-order valence-electron chi connectivity index (χ1n) is 13.2. The van der Waals surface area contributed by atoms with Crippen LogP contribution in [0, 0.1) is 0 Å². The quantitative estimate of drug-likeness (QED) is 0.154. The molecule has 4 aromatic carbocycles. The number of thiophene rings is 2. The topological polar surface area (TPSA) is 66.2 Å². The van der Waals surface area contributed by atoms with Crippen LogP contribution in [-0.4, -0.2) is 27.1 Å². The van der Waals surface area contributed by atoms with E-state index in [0.29, 0.717) is 9.93 Å². The number of nitrogens with zero attached hydrogens (tertiary/aromatic N) is 2. The van der Waals surface area contributed by atoms with Crippen molar-refractivity contribution in [1.29, 1.82) is 0 Å². The van der Waals surface area contributed by atoms with Gasteiger partial charge in [-0.05, 0) is 57.9 Å². The van der Waals surface area contributed by atoms with E-state index in [-0.39, 0.29) is 0 Å². The number of hydrogen-bond acceptors (Lipinski definition) is 6. The molecule has 0 aliphatic heterocycles. The maximum Gasteiger partial charge on any atom is 0.499 e. The van der Waals surface area contributed by atoms with Gasteiger partial charge >= 0.3 is 7.12 Å². The summed E-state index contributed by atoms with van der Waals surface area (Å²) in [5.41, 5.74) is 1.08. The number of hydrogen-bond donors (Lipinski definition) is 2. The standard InChI is InChI=1S/C17H11NS.C9H6ClN.C8H7BO2S/c1-3-7-14-12(5-1)9-10-18-17(14)16-11-13-6-2-4-8-15(13)19-16;10-9-8-4-2-1-3-7(8)5-6-11-9;10-9(11)8-5-6-3-1-2-4-7(6)12-8/h1-11H;1-6H;1-5,10-11H.